The number of carbonyl (C=O) groups is 1. The summed E-state index contributed by atoms with van der Waals surface area (Å²) < 4.78 is 5.64. The molecule has 32 heavy (non-hydrogen) atoms. The van der Waals surface area contributed by atoms with Crippen molar-refractivity contribution in [1.82, 2.24) is 0 Å². The monoisotopic (exact) mass is 438 g/mol. The molecule has 0 heterocycles. The van der Waals surface area contributed by atoms with Crippen LogP contribution in [0.2, 0.25) is 0 Å². The lowest BCUT2D eigenvalue weighted by Crippen LogP contribution is -2.54. The smallest absolute Gasteiger partial charge is 0.302 e. The Labute approximate surface area is 197 Å². The Morgan fingerprint density at radius 3 is 2.34 bits per heavy atom. The van der Waals surface area contributed by atoms with E-state index in [-0.39, 0.29) is 12.1 Å². The van der Waals surface area contributed by atoms with Crippen LogP contribution in [0.4, 0.5) is 0 Å². The van der Waals surface area contributed by atoms with E-state index in [1.807, 2.05) is 6.92 Å². The third kappa shape index (κ3) is 4.05. The van der Waals surface area contributed by atoms with E-state index in [1.165, 1.54) is 44.9 Å². The molecule has 1 unspecified atom stereocenters. The van der Waals surface area contributed by atoms with Crippen LogP contribution >= 0.6 is 0 Å². The Kier molecular flexibility index (Phi) is 6.56. The highest BCUT2D eigenvalue weighted by Crippen LogP contribution is 2.68. The van der Waals surface area contributed by atoms with Crippen molar-refractivity contribution in [2.24, 2.45) is 46.3 Å². The summed E-state index contributed by atoms with van der Waals surface area (Å²) in [5.74, 6) is 4.66. The van der Waals surface area contributed by atoms with Crippen LogP contribution in [0.5, 0.6) is 0 Å². The number of allylic oxidation sites excluding steroid dienone is 4. The van der Waals surface area contributed by atoms with E-state index in [0.29, 0.717) is 16.7 Å². The van der Waals surface area contributed by atoms with Crippen LogP contribution in [-0.2, 0) is 9.53 Å². The van der Waals surface area contributed by atoms with Crippen LogP contribution in [0.1, 0.15) is 92.4 Å². The number of fused-ring (bicyclic) bond motifs is 5. The molecule has 0 amide bonds. The Hall–Kier alpha value is -1.31. The van der Waals surface area contributed by atoms with E-state index in [9.17, 15) is 4.79 Å². The van der Waals surface area contributed by atoms with Gasteiger partial charge in [-0.1, -0.05) is 51.7 Å². The first-order valence-corrected chi connectivity index (χ1v) is 13.3. The van der Waals surface area contributed by atoms with Crippen molar-refractivity contribution in [2.45, 2.75) is 98.5 Å². The standard InChI is InChI=1S/C30H46O2/c1-19(2)20(3)8-9-21(4)26-12-13-27-25-11-10-23-18-24(32-22(5)31)14-16-29(23,6)28(25)15-17-30(26,27)7/h8-9,21,23-28H,1,3,10-18H2,2,4-7H3/t21-,23?,24+,25+,26-,27+,28+,29+,30-/m1/s1. The molecule has 4 fully saturated rings. The SMILES string of the molecule is C=C(C)C(=C)C=C[C@@H](C)[C@H]1CC[C@H]2[C@@H]3CCC4C[C@@H](OC(C)=O)CC[C@]4(C)[C@H]3CC[C@]12C. The lowest BCUT2D eigenvalue weighted by Gasteiger charge is -2.61. The van der Waals surface area contributed by atoms with Gasteiger partial charge in [0, 0.05) is 6.92 Å². The first kappa shape index (κ1) is 23.8. The molecule has 4 rings (SSSR count). The number of esters is 1. The van der Waals surface area contributed by atoms with Gasteiger partial charge in [-0.2, -0.15) is 0 Å². The molecule has 4 saturated carbocycles. The number of ether oxygens (including phenoxy) is 1. The highest BCUT2D eigenvalue weighted by molar-refractivity contribution is 5.66. The first-order valence-electron chi connectivity index (χ1n) is 13.3. The second kappa shape index (κ2) is 8.80. The summed E-state index contributed by atoms with van der Waals surface area (Å²) in [5, 5.41) is 0. The molecule has 4 aliphatic carbocycles. The van der Waals surface area contributed by atoms with Crippen LogP contribution in [0, 0.1) is 46.3 Å². The van der Waals surface area contributed by atoms with E-state index < -0.39 is 0 Å². The molecule has 9 atom stereocenters. The zero-order valence-corrected chi connectivity index (χ0v) is 21.3. The molecule has 0 aromatic heterocycles. The lowest BCUT2D eigenvalue weighted by atomic mass is 9.44. The number of rotatable bonds is 5. The summed E-state index contributed by atoms with van der Waals surface area (Å²) in [6.45, 7) is 19.5. The zero-order chi connectivity index (χ0) is 23.3. The lowest BCUT2D eigenvalue weighted by molar-refractivity contribution is -0.160. The summed E-state index contributed by atoms with van der Waals surface area (Å²) in [6, 6.07) is 0. The average molecular weight is 439 g/mol. The van der Waals surface area contributed by atoms with Crippen LogP contribution in [0.15, 0.2) is 36.5 Å². The van der Waals surface area contributed by atoms with E-state index in [4.69, 9.17) is 4.74 Å². The number of carbonyl (C=O) groups excluding carboxylic acids is 1. The summed E-state index contributed by atoms with van der Waals surface area (Å²) in [4.78, 5) is 11.5. The van der Waals surface area contributed by atoms with Gasteiger partial charge in [-0.25, -0.2) is 0 Å². The van der Waals surface area contributed by atoms with Gasteiger partial charge in [0.2, 0.25) is 0 Å². The van der Waals surface area contributed by atoms with Gasteiger partial charge in [0.1, 0.15) is 6.10 Å². The molecule has 4 aliphatic rings. The zero-order valence-electron chi connectivity index (χ0n) is 21.3. The third-order valence-electron chi connectivity index (χ3n) is 10.8. The molecule has 0 aromatic carbocycles. The maximum atomic E-state index is 11.5. The molecule has 0 N–H and O–H groups in total. The van der Waals surface area contributed by atoms with Crippen LogP contribution < -0.4 is 0 Å². The minimum absolute atomic E-state index is 0.104. The van der Waals surface area contributed by atoms with E-state index in [2.05, 4.69) is 46.1 Å². The second-order valence-electron chi connectivity index (χ2n) is 12.4. The van der Waals surface area contributed by atoms with Crippen LogP contribution in [-0.4, -0.2) is 12.1 Å². The average Bonchev–Trinajstić information content (AvgIpc) is 3.08. The van der Waals surface area contributed by atoms with Gasteiger partial charge in [0.25, 0.3) is 0 Å². The quantitative estimate of drug-likeness (QED) is 0.322. The van der Waals surface area contributed by atoms with Crippen molar-refractivity contribution in [3.8, 4) is 0 Å². The number of hydrogen-bond donors (Lipinski definition) is 0. The van der Waals surface area contributed by atoms with E-state index in [0.717, 1.165) is 53.6 Å². The van der Waals surface area contributed by atoms with E-state index in [1.54, 1.807) is 6.92 Å². The van der Waals surface area contributed by atoms with Gasteiger partial charge in [0.05, 0.1) is 0 Å². The maximum Gasteiger partial charge on any atom is 0.302 e. The predicted molar refractivity (Wildman–Crippen MR) is 133 cm³/mol. The molecule has 2 heteroatoms. The molecule has 0 aromatic rings. The Morgan fingerprint density at radius 2 is 1.66 bits per heavy atom. The summed E-state index contributed by atoms with van der Waals surface area (Å²) in [7, 11) is 0. The van der Waals surface area contributed by atoms with Gasteiger partial charge in [-0.05, 0) is 117 Å². The normalized spacial score (nSPS) is 44.3. The summed E-state index contributed by atoms with van der Waals surface area (Å²) in [6.07, 6.45) is 16.5. The fourth-order valence-corrected chi connectivity index (χ4v) is 9.01. The molecule has 2 nitrogen and oxygen atoms in total. The molecule has 0 saturated heterocycles. The minimum Gasteiger partial charge on any atom is -0.463 e. The van der Waals surface area contributed by atoms with Gasteiger partial charge < -0.3 is 4.74 Å². The van der Waals surface area contributed by atoms with Crippen molar-refractivity contribution in [1.29, 1.82) is 0 Å². The third-order valence-corrected chi connectivity index (χ3v) is 10.8. The van der Waals surface area contributed by atoms with Gasteiger partial charge in [0.15, 0.2) is 0 Å². The summed E-state index contributed by atoms with van der Waals surface area (Å²) >= 11 is 0. The Morgan fingerprint density at radius 1 is 0.969 bits per heavy atom. The van der Waals surface area contributed by atoms with Crippen LogP contribution in [0.3, 0.4) is 0 Å². The van der Waals surface area contributed by atoms with Gasteiger partial charge in [-0.3, -0.25) is 4.79 Å². The fourth-order valence-electron chi connectivity index (χ4n) is 9.01. The van der Waals surface area contributed by atoms with Crippen molar-refractivity contribution < 1.29 is 9.53 Å². The molecule has 0 aliphatic heterocycles. The van der Waals surface area contributed by atoms with Gasteiger partial charge >= 0.3 is 5.97 Å². The minimum atomic E-state index is -0.104. The highest BCUT2D eigenvalue weighted by Gasteiger charge is 2.60. The van der Waals surface area contributed by atoms with Crippen molar-refractivity contribution >= 4 is 5.97 Å². The molecule has 0 spiro atoms. The highest BCUT2D eigenvalue weighted by atomic mass is 16.5. The largest absolute Gasteiger partial charge is 0.463 e. The first-order chi connectivity index (χ1) is 15.1. The molecule has 178 valence electrons. The van der Waals surface area contributed by atoms with Crippen molar-refractivity contribution in [3.63, 3.8) is 0 Å². The predicted octanol–water partition coefficient (Wildman–Crippen LogP) is 7.90. The Bertz CT molecular complexity index is 793. The fraction of sp³-hybridized carbons (Fsp3) is 0.767. The molecular weight excluding hydrogens is 392 g/mol. The molecule has 0 radical (unpaired) electrons. The summed E-state index contributed by atoms with van der Waals surface area (Å²) in [5.41, 5.74) is 3.06. The van der Waals surface area contributed by atoms with Crippen molar-refractivity contribution in [2.75, 3.05) is 0 Å². The van der Waals surface area contributed by atoms with Crippen LogP contribution in [0.25, 0.3) is 0 Å². The van der Waals surface area contributed by atoms with E-state index >= 15 is 0 Å². The second-order valence-corrected chi connectivity index (χ2v) is 12.4. The topological polar surface area (TPSA) is 26.3 Å². The number of hydrogen-bond acceptors (Lipinski definition) is 2. The van der Waals surface area contributed by atoms with Crippen molar-refractivity contribution in [3.05, 3.63) is 36.5 Å². The Balaban J connectivity index is 1.48. The molecule has 0 bridgehead atoms. The maximum absolute atomic E-state index is 11.5. The van der Waals surface area contributed by atoms with Gasteiger partial charge in [-0.15, -0.1) is 0 Å². The molecular formula is C30H46O2.